The zero-order valence-electron chi connectivity index (χ0n) is 12.5. The van der Waals surface area contributed by atoms with Crippen molar-refractivity contribution in [2.75, 3.05) is 13.1 Å². The Labute approximate surface area is 143 Å². The van der Waals surface area contributed by atoms with Gasteiger partial charge >= 0.3 is 0 Å². The van der Waals surface area contributed by atoms with Crippen molar-refractivity contribution in [1.82, 2.24) is 10.2 Å². The van der Waals surface area contributed by atoms with Crippen molar-refractivity contribution in [2.24, 2.45) is 0 Å². The molecule has 116 valence electrons. The molecule has 0 fully saturated rings. The van der Waals surface area contributed by atoms with Gasteiger partial charge in [0.05, 0.1) is 8.66 Å². The molecule has 1 aromatic carbocycles. The van der Waals surface area contributed by atoms with Crippen LogP contribution >= 0.6 is 27.3 Å². The van der Waals surface area contributed by atoms with Crippen LogP contribution in [0.4, 0.5) is 0 Å². The molecule has 0 spiro atoms. The highest BCUT2D eigenvalue weighted by Crippen LogP contribution is 2.22. The second-order valence-electron chi connectivity index (χ2n) is 5.65. The Morgan fingerprint density at radius 3 is 2.82 bits per heavy atom. The first-order chi connectivity index (χ1) is 10.6. The van der Waals surface area contributed by atoms with Gasteiger partial charge in [-0.05, 0) is 52.5 Å². The van der Waals surface area contributed by atoms with Gasteiger partial charge in [-0.15, -0.1) is 11.3 Å². The first-order valence-electron chi connectivity index (χ1n) is 7.48. The number of benzene rings is 1. The second-order valence-corrected chi connectivity index (χ2v) is 8.12. The van der Waals surface area contributed by atoms with E-state index in [1.807, 2.05) is 12.1 Å². The molecule has 0 radical (unpaired) electrons. The fraction of sp³-hybridized carbons (Fsp3) is 0.353. The van der Waals surface area contributed by atoms with Crippen LogP contribution in [0.15, 0.2) is 40.2 Å². The number of carbonyl (C=O) groups excluding carboxylic acids is 1. The van der Waals surface area contributed by atoms with Gasteiger partial charge in [0.25, 0.3) is 5.91 Å². The Bertz CT molecular complexity index is 670. The van der Waals surface area contributed by atoms with E-state index in [0.29, 0.717) is 12.6 Å². The van der Waals surface area contributed by atoms with Crippen molar-refractivity contribution in [2.45, 2.75) is 25.9 Å². The molecule has 0 saturated heterocycles. The summed E-state index contributed by atoms with van der Waals surface area (Å²) >= 11 is 4.85. The van der Waals surface area contributed by atoms with E-state index in [9.17, 15) is 4.79 Å². The van der Waals surface area contributed by atoms with Gasteiger partial charge in [-0.1, -0.05) is 24.3 Å². The third-order valence-electron chi connectivity index (χ3n) is 4.14. The van der Waals surface area contributed by atoms with Crippen LogP contribution in [0.25, 0.3) is 0 Å². The van der Waals surface area contributed by atoms with E-state index in [2.05, 4.69) is 57.3 Å². The fourth-order valence-electron chi connectivity index (χ4n) is 2.79. The van der Waals surface area contributed by atoms with Gasteiger partial charge < -0.3 is 5.32 Å². The smallest absolute Gasteiger partial charge is 0.261 e. The van der Waals surface area contributed by atoms with Crippen molar-refractivity contribution in [3.8, 4) is 0 Å². The van der Waals surface area contributed by atoms with Crippen molar-refractivity contribution in [3.05, 3.63) is 56.2 Å². The third kappa shape index (κ3) is 3.59. The zero-order valence-corrected chi connectivity index (χ0v) is 14.9. The minimum absolute atomic E-state index is 0.0139. The molecule has 22 heavy (non-hydrogen) atoms. The van der Waals surface area contributed by atoms with E-state index in [1.165, 1.54) is 22.5 Å². The highest BCUT2D eigenvalue weighted by Gasteiger charge is 2.21. The minimum atomic E-state index is 0.0139. The normalized spacial score (nSPS) is 16.1. The monoisotopic (exact) mass is 378 g/mol. The molecule has 1 aromatic heterocycles. The molecule has 2 heterocycles. The number of hydrogen-bond acceptors (Lipinski definition) is 3. The summed E-state index contributed by atoms with van der Waals surface area (Å²) in [5.41, 5.74) is 2.87. The van der Waals surface area contributed by atoms with Gasteiger partial charge in [-0.2, -0.15) is 0 Å². The maximum atomic E-state index is 12.1. The van der Waals surface area contributed by atoms with Gasteiger partial charge in [0.1, 0.15) is 0 Å². The number of carbonyl (C=O) groups is 1. The number of halogens is 1. The van der Waals surface area contributed by atoms with E-state index < -0.39 is 0 Å². The summed E-state index contributed by atoms with van der Waals surface area (Å²) in [6.07, 6.45) is 1.09. The van der Waals surface area contributed by atoms with E-state index >= 15 is 0 Å². The number of hydrogen-bond donors (Lipinski definition) is 1. The molecule has 1 amide bonds. The van der Waals surface area contributed by atoms with E-state index in [1.54, 1.807) is 0 Å². The molecular formula is C17H19BrN2OS. The minimum Gasteiger partial charge on any atom is -0.350 e. The van der Waals surface area contributed by atoms with E-state index in [4.69, 9.17) is 0 Å². The molecule has 5 heteroatoms. The molecule has 3 nitrogen and oxygen atoms in total. The van der Waals surface area contributed by atoms with E-state index in [0.717, 1.165) is 28.2 Å². The number of rotatable bonds is 4. The van der Waals surface area contributed by atoms with Crippen molar-refractivity contribution < 1.29 is 4.79 Å². The molecule has 1 N–H and O–H groups in total. The first kappa shape index (κ1) is 15.7. The second kappa shape index (κ2) is 6.94. The summed E-state index contributed by atoms with van der Waals surface area (Å²) in [6.45, 7) is 4.88. The molecule has 1 unspecified atom stereocenters. The van der Waals surface area contributed by atoms with Crippen molar-refractivity contribution >= 4 is 33.2 Å². The van der Waals surface area contributed by atoms with E-state index in [-0.39, 0.29) is 5.91 Å². The molecule has 0 saturated carbocycles. The topological polar surface area (TPSA) is 32.3 Å². The lowest BCUT2D eigenvalue weighted by Crippen LogP contribution is -2.44. The Morgan fingerprint density at radius 2 is 2.09 bits per heavy atom. The summed E-state index contributed by atoms with van der Waals surface area (Å²) in [4.78, 5) is 15.3. The van der Waals surface area contributed by atoms with Crippen LogP contribution in [0.5, 0.6) is 0 Å². The largest absolute Gasteiger partial charge is 0.350 e. The predicted octanol–water partition coefficient (Wildman–Crippen LogP) is 3.69. The van der Waals surface area contributed by atoms with Crippen LogP contribution in [0.2, 0.25) is 0 Å². The summed E-state index contributed by atoms with van der Waals surface area (Å²) in [7, 11) is 0. The summed E-state index contributed by atoms with van der Waals surface area (Å²) in [5.74, 6) is 0.0139. The maximum Gasteiger partial charge on any atom is 0.261 e. The molecule has 1 aliphatic heterocycles. The molecular weight excluding hydrogens is 360 g/mol. The van der Waals surface area contributed by atoms with Crippen molar-refractivity contribution in [1.29, 1.82) is 0 Å². The average molecular weight is 379 g/mol. The van der Waals surface area contributed by atoms with Gasteiger partial charge in [-0.3, -0.25) is 9.69 Å². The molecule has 2 aromatic rings. The molecule has 3 rings (SSSR count). The molecule has 1 aliphatic rings. The number of thiophene rings is 1. The molecule has 0 bridgehead atoms. The highest BCUT2D eigenvalue weighted by molar-refractivity contribution is 9.11. The van der Waals surface area contributed by atoms with Crippen LogP contribution in [-0.4, -0.2) is 29.9 Å². The van der Waals surface area contributed by atoms with Crippen LogP contribution in [0.3, 0.4) is 0 Å². The number of nitrogens with one attached hydrogen (secondary N) is 1. The lowest BCUT2D eigenvalue weighted by atomic mass is 9.99. The molecule has 1 atom stereocenters. The average Bonchev–Trinajstić information content (AvgIpc) is 2.98. The van der Waals surface area contributed by atoms with Crippen LogP contribution in [-0.2, 0) is 13.0 Å². The fourth-order valence-corrected chi connectivity index (χ4v) is 4.09. The highest BCUT2D eigenvalue weighted by atomic mass is 79.9. The Balaban J connectivity index is 1.55. The zero-order chi connectivity index (χ0) is 15.5. The quantitative estimate of drug-likeness (QED) is 0.879. The van der Waals surface area contributed by atoms with Gasteiger partial charge in [0.2, 0.25) is 0 Å². The lowest BCUT2D eigenvalue weighted by molar-refractivity contribution is 0.0936. The van der Waals surface area contributed by atoms with Crippen LogP contribution in [0, 0.1) is 0 Å². The summed E-state index contributed by atoms with van der Waals surface area (Å²) in [6, 6.07) is 12.7. The SMILES string of the molecule is CC(CNC(=O)c1ccc(Br)s1)N1CCc2ccccc2C1. The first-order valence-corrected chi connectivity index (χ1v) is 9.09. The summed E-state index contributed by atoms with van der Waals surface area (Å²) in [5, 5.41) is 3.04. The van der Waals surface area contributed by atoms with Gasteiger partial charge in [-0.25, -0.2) is 0 Å². The van der Waals surface area contributed by atoms with Crippen molar-refractivity contribution in [3.63, 3.8) is 0 Å². The Hall–Kier alpha value is -1.17. The predicted molar refractivity (Wildman–Crippen MR) is 94.4 cm³/mol. The third-order valence-corrected chi connectivity index (χ3v) is 5.76. The van der Waals surface area contributed by atoms with Gasteiger partial charge in [0, 0.05) is 25.7 Å². The number of fused-ring (bicyclic) bond motifs is 1. The Morgan fingerprint density at radius 1 is 1.32 bits per heavy atom. The number of amides is 1. The summed E-state index contributed by atoms with van der Waals surface area (Å²) < 4.78 is 0.985. The molecule has 0 aliphatic carbocycles. The maximum absolute atomic E-state index is 12.1. The Kier molecular flexibility index (Phi) is 4.96. The van der Waals surface area contributed by atoms with Gasteiger partial charge in [0.15, 0.2) is 0 Å². The van der Waals surface area contributed by atoms with Crippen LogP contribution < -0.4 is 5.32 Å². The lowest BCUT2D eigenvalue weighted by Gasteiger charge is -2.33. The van der Waals surface area contributed by atoms with Crippen LogP contribution in [0.1, 0.15) is 27.7 Å². The standard InChI is InChI=1S/C17H19BrN2OS/c1-12(10-19-17(21)15-6-7-16(18)22-15)20-9-8-13-4-2-3-5-14(13)11-20/h2-7,12H,8-11H2,1H3,(H,19,21). The number of nitrogens with zero attached hydrogens (tertiary/aromatic N) is 1.